The van der Waals surface area contributed by atoms with Crippen molar-refractivity contribution in [2.45, 2.75) is 53.9 Å². The summed E-state index contributed by atoms with van der Waals surface area (Å²) in [7, 11) is 0.0462. The Kier molecular flexibility index (Phi) is 5.85. The Bertz CT molecular complexity index is 871. The fraction of sp³-hybridized carbons (Fsp3) is 0.400. The number of epoxide rings is 1. The van der Waals surface area contributed by atoms with Gasteiger partial charge in [0.15, 0.2) is 0 Å². The van der Waals surface area contributed by atoms with Crippen molar-refractivity contribution in [3.05, 3.63) is 65.7 Å². The standard InChI is InChI=1S/C20H23NO3S3/c1-14-7-9-16(10-8-14)27(22,23)21-17-11-18-19(24-18)12-20(17)26-25-13-15-5-3-2-4-6-15/h2-10,17-21H,11-13H2,1H3/t17-,18-,19+,20-/m1/s1. The highest BCUT2D eigenvalue weighted by Gasteiger charge is 2.49. The Morgan fingerprint density at radius 2 is 1.74 bits per heavy atom. The average molecular weight is 422 g/mol. The van der Waals surface area contributed by atoms with E-state index in [0.717, 1.165) is 24.2 Å². The maximum atomic E-state index is 12.8. The lowest BCUT2D eigenvalue weighted by molar-refractivity contribution is 0.370. The van der Waals surface area contributed by atoms with E-state index in [2.05, 4.69) is 16.9 Å². The lowest BCUT2D eigenvalue weighted by Gasteiger charge is -2.29. The van der Waals surface area contributed by atoms with Gasteiger partial charge in [-0.25, -0.2) is 13.1 Å². The molecule has 1 saturated heterocycles. The Balaban J connectivity index is 1.40. The maximum Gasteiger partial charge on any atom is 0.240 e. The molecular weight excluding hydrogens is 398 g/mol. The van der Waals surface area contributed by atoms with Crippen LogP contribution in [-0.2, 0) is 20.5 Å². The van der Waals surface area contributed by atoms with Gasteiger partial charge >= 0.3 is 0 Å². The SMILES string of the molecule is Cc1ccc(S(=O)(=O)N[C@@H]2C[C@H]3O[C@H]3C[C@H]2SSCc2ccccc2)cc1. The van der Waals surface area contributed by atoms with E-state index in [1.54, 1.807) is 33.7 Å². The van der Waals surface area contributed by atoms with Crippen molar-refractivity contribution in [2.75, 3.05) is 0 Å². The van der Waals surface area contributed by atoms with Gasteiger partial charge in [-0.2, -0.15) is 0 Å². The molecule has 4 rings (SSSR count). The second kappa shape index (κ2) is 8.17. The van der Waals surface area contributed by atoms with Crippen LogP contribution in [0.25, 0.3) is 0 Å². The van der Waals surface area contributed by atoms with Crippen molar-refractivity contribution in [2.24, 2.45) is 0 Å². The largest absolute Gasteiger partial charge is 0.369 e. The molecule has 2 fully saturated rings. The number of nitrogens with one attached hydrogen (secondary N) is 1. The molecule has 1 N–H and O–H groups in total. The maximum absolute atomic E-state index is 12.8. The van der Waals surface area contributed by atoms with Gasteiger partial charge in [-0.15, -0.1) is 0 Å². The minimum Gasteiger partial charge on any atom is -0.369 e. The topological polar surface area (TPSA) is 58.7 Å². The Morgan fingerprint density at radius 1 is 1.04 bits per heavy atom. The minimum absolute atomic E-state index is 0.103. The van der Waals surface area contributed by atoms with E-state index in [0.29, 0.717) is 11.0 Å². The number of rotatable bonds is 7. The molecule has 0 spiro atoms. The normalized spacial score (nSPS) is 27.1. The molecule has 7 heteroatoms. The van der Waals surface area contributed by atoms with E-state index in [-0.39, 0.29) is 17.4 Å². The van der Waals surface area contributed by atoms with Crippen LogP contribution in [0.1, 0.15) is 24.0 Å². The summed E-state index contributed by atoms with van der Waals surface area (Å²) in [5.41, 5.74) is 2.33. The summed E-state index contributed by atoms with van der Waals surface area (Å²) in [6.07, 6.45) is 2.17. The molecule has 0 amide bonds. The van der Waals surface area contributed by atoms with Crippen molar-refractivity contribution in [3.8, 4) is 0 Å². The molecule has 1 aliphatic heterocycles. The monoisotopic (exact) mass is 421 g/mol. The quantitative estimate of drug-likeness (QED) is 0.537. The lowest BCUT2D eigenvalue weighted by Crippen LogP contribution is -2.45. The zero-order valence-corrected chi connectivity index (χ0v) is 17.5. The second-order valence-corrected chi connectivity index (χ2v) is 11.4. The molecule has 2 aromatic carbocycles. The molecule has 0 radical (unpaired) electrons. The van der Waals surface area contributed by atoms with E-state index in [1.165, 1.54) is 5.56 Å². The highest BCUT2D eigenvalue weighted by Crippen LogP contribution is 2.45. The molecule has 1 saturated carbocycles. The predicted molar refractivity (Wildman–Crippen MR) is 112 cm³/mol. The summed E-state index contributed by atoms with van der Waals surface area (Å²) in [5.74, 6) is 0.911. The molecule has 144 valence electrons. The van der Waals surface area contributed by atoms with Crippen molar-refractivity contribution in [1.82, 2.24) is 4.72 Å². The molecule has 0 unspecified atom stereocenters. The molecule has 27 heavy (non-hydrogen) atoms. The minimum atomic E-state index is -3.52. The van der Waals surface area contributed by atoms with Crippen LogP contribution >= 0.6 is 21.6 Å². The van der Waals surface area contributed by atoms with Crippen LogP contribution in [0.5, 0.6) is 0 Å². The number of fused-ring (bicyclic) bond motifs is 1. The molecule has 2 aliphatic rings. The molecule has 1 aliphatic carbocycles. The third-order valence-corrected chi connectivity index (χ3v) is 9.35. The first kappa shape index (κ1) is 19.3. The summed E-state index contributed by atoms with van der Waals surface area (Å²) in [6, 6.07) is 17.2. The van der Waals surface area contributed by atoms with Crippen molar-refractivity contribution in [1.29, 1.82) is 0 Å². The zero-order valence-electron chi connectivity index (χ0n) is 15.1. The highest BCUT2D eigenvalue weighted by molar-refractivity contribution is 8.76. The number of aryl methyl sites for hydroxylation is 1. The molecule has 4 atom stereocenters. The molecule has 0 bridgehead atoms. The first-order valence-electron chi connectivity index (χ1n) is 9.08. The number of hydrogen-bond donors (Lipinski definition) is 1. The fourth-order valence-electron chi connectivity index (χ4n) is 3.37. The molecule has 4 nitrogen and oxygen atoms in total. The number of sulfonamides is 1. The highest BCUT2D eigenvalue weighted by atomic mass is 33.1. The number of hydrogen-bond acceptors (Lipinski definition) is 5. The first-order valence-corrected chi connectivity index (χ1v) is 12.9. The van der Waals surface area contributed by atoms with E-state index < -0.39 is 10.0 Å². The lowest BCUT2D eigenvalue weighted by atomic mass is 9.96. The van der Waals surface area contributed by atoms with Gasteiger partial charge in [0.1, 0.15) is 0 Å². The van der Waals surface area contributed by atoms with Crippen molar-refractivity contribution >= 4 is 31.6 Å². The van der Waals surface area contributed by atoms with Gasteiger partial charge in [-0.05, 0) is 37.5 Å². The summed E-state index contributed by atoms with van der Waals surface area (Å²) < 4.78 is 34.2. The van der Waals surface area contributed by atoms with Crippen molar-refractivity contribution in [3.63, 3.8) is 0 Å². The predicted octanol–water partition coefficient (Wildman–Crippen LogP) is 4.15. The summed E-state index contributed by atoms with van der Waals surface area (Å²) >= 11 is 0. The summed E-state index contributed by atoms with van der Waals surface area (Å²) in [5, 5.41) is 0.211. The third-order valence-electron chi connectivity index (χ3n) is 4.99. The van der Waals surface area contributed by atoms with Crippen molar-refractivity contribution < 1.29 is 13.2 Å². The van der Waals surface area contributed by atoms with Gasteiger partial charge in [0.2, 0.25) is 10.0 Å². The zero-order chi connectivity index (χ0) is 18.9. The van der Waals surface area contributed by atoms with E-state index >= 15 is 0 Å². The van der Waals surface area contributed by atoms with Gasteiger partial charge in [-0.1, -0.05) is 69.6 Å². The number of ether oxygens (including phenoxy) is 1. The van der Waals surface area contributed by atoms with Crippen LogP contribution in [0.2, 0.25) is 0 Å². The second-order valence-electron chi connectivity index (χ2n) is 7.11. The summed E-state index contributed by atoms with van der Waals surface area (Å²) in [4.78, 5) is 0.327. The Labute approximate surface area is 168 Å². The van der Waals surface area contributed by atoms with Crippen LogP contribution in [0.15, 0.2) is 59.5 Å². The van der Waals surface area contributed by atoms with Gasteiger partial charge in [0.05, 0.1) is 17.1 Å². The van der Waals surface area contributed by atoms with Gasteiger partial charge < -0.3 is 4.74 Å². The van der Waals surface area contributed by atoms with Crippen LogP contribution in [0, 0.1) is 6.92 Å². The summed E-state index contributed by atoms with van der Waals surface area (Å²) in [6.45, 7) is 1.95. The van der Waals surface area contributed by atoms with Crippen LogP contribution < -0.4 is 4.72 Å². The molecule has 2 aromatic rings. The molecule has 0 aromatic heterocycles. The van der Waals surface area contributed by atoms with E-state index in [4.69, 9.17) is 4.74 Å². The molecular formula is C20H23NO3S3. The molecule has 1 heterocycles. The third kappa shape index (κ3) is 4.90. The average Bonchev–Trinajstić information content (AvgIpc) is 3.41. The van der Waals surface area contributed by atoms with Crippen LogP contribution in [0.3, 0.4) is 0 Å². The van der Waals surface area contributed by atoms with E-state index in [1.807, 2.05) is 37.3 Å². The van der Waals surface area contributed by atoms with Crippen LogP contribution in [-0.4, -0.2) is 31.9 Å². The van der Waals surface area contributed by atoms with Gasteiger partial charge in [0, 0.05) is 17.0 Å². The smallest absolute Gasteiger partial charge is 0.240 e. The Morgan fingerprint density at radius 3 is 2.48 bits per heavy atom. The van der Waals surface area contributed by atoms with Gasteiger partial charge in [0.25, 0.3) is 0 Å². The number of benzene rings is 2. The fourth-order valence-corrected chi connectivity index (χ4v) is 7.67. The Hall–Kier alpha value is -0.990. The van der Waals surface area contributed by atoms with E-state index in [9.17, 15) is 8.42 Å². The van der Waals surface area contributed by atoms with Crippen LogP contribution in [0.4, 0.5) is 0 Å². The first-order chi connectivity index (χ1) is 13.0. The van der Waals surface area contributed by atoms with Gasteiger partial charge in [-0.3, -0.25) is 0 Å².